The van der Waals surface area contributed by atoms with Crippen molar-refractivity contribution in [1.82, 2.24) is 14.7 Å². The van der Waals surface area contributed by atoms with Crippen molar-refractivity contribution in [2.24, 2.45) is 11.8 Å². The minimum Gasteiger partial charge on any atom is -0.373 e. The predicted molar refractivity (Wildman–Crippen MR) is 126 cm³/mol. The van der Waals surface area contributed by atoms with Gasteiger partial charge in [0.1, 0.15) is 0 Å². The zero-order chi connectivity index (χ0) is 22.5. The van der Waals surface area contributed by atoms with Crippen LogP contribution in [-0.4, -0.2) is 84.7 Å². The molecule has 3 saturated heterocycles. The Kier molecular flexibility index (Phi) is 7.68. The summed E-state index contributed by atoms with van der Waals surface area (Å²) in [7, 11) is 0. The molecule has 32 heavy (non-hydrogen) atoms. The number of morpholine rings is 1. The van der Waals surface area contributed by atoms with Crippen LogP contribution in [0, 0.1) is 11.8 Å². The van der Waals surface area contributed by atoms with Crippen molar-refractivity contribution in [3.63, 3.8) is 0 Å². The molecule has 2 unspecified atom stereocenters. The first-order valence-electron chi connectivity index (χ1n) is 12.3. The molecular formula is C25H38N4O3. The molecule has 1 aromatic rings. The van der Waals surface area contributed by atoms with Gasteiger partial charge in [-0.05, 0) is 57.6 Å². The Morgan fingerprint density at radius 3 is 2.12 bits per heavy atom. The molecule has 0 radical (unpaired) electrons. The Morgan fingerprint density at radius 1 is 0.906 bits per heavy atom. The molecule has 3 heterocycles. The fourth-order valence-electron chi connectivity index (χ4n) is 5.45. The fraction of sp³-hybridized carbons (Fsp3) is 0.680. The van der Waals surface area contributed by atoms with E-state index in [0.29, 0.717) is 37.1 Å². The largest absolute Gasteiger partial charge is 0.373 e. The Labute approximate surface area is 192 Å². The summed E-state index contributed by atoms with van der Waals surface area (Å²) < 4.78 is 5.85. The second-order valence-corrected chi connectivity index (χ2v) is 9.80. The molecule has 0 saturated carbocycles. The minimum atomic E-state index is -0.0744. The number of nitrogens with zero attached hydrogens (tertiary/aromatic N) is 3. The van der Waals surface area contributed by atoms with E-state index < -0.39 is 0 Å². The number of benzene rings is 1. The predicted octanol–water partition coefficient (Wildman–Crippen LogP) is 3.28. The van der Waals surface area contributed by atoms with E-state index >= 15 is 0 Å². The molecule has 7 heteroatoms. The standard InChI is InChI=1S/C25H38N4O3/c1-19-16-27(17-20(2)32-19)18-21-8-12-28(13-9-21)24(30)22-10-14-29(15-11-22)25(31)26-23-6-4-3-5-7-23/h3-7,19-22H,8-18H2,1-2H3,(H,26,31). The van der Waals surface area contributed by atoms with E-state index in [0.717, 1.165) is 64.1 Å². The molecule has 0 bridgehead atoms. The number of carbonyl (C=O) groups is 2. The maximum atomic E-state index is 13.1. The molecule has 0 aromatic heterocycles. The molecule has 2 atom stereocenters. The first-order chi connectivity index (χ1) is 15.5. The van der Waals surface area contributed by atoms with E-state index in [-0.39, 0.29) is 11.9 Å². The SMILES string of the molecule is CC1CN(CC2CCN(C(=O)C3CCN(C(=O)Nc4ccccc4)CC3)CC2)CC(C)O1. The van der Waals surface area contributed by atoms with Gasteiger partial charge in [0.05, 0.1) is 12.2 Å². The molecule has 3 amide bonds. The number of amides is 3. The van der Waals surface area contributed by atoms with Crippen LogP contribution in [0.1, 0.15) is 39.5 Å². The van der Waals surface area contributed by atoms with Crippen LogP contribution in [-0.2, 0) is 9.53 Å². The topological polar surface area (TPSA) is 65.1 Å². The first-order valence-corrected chi connectivity index (χ1v) is 12.3. The number of anilines is 1. The second kappa shape index (κ2) is 10.7. The van der Waals surface area contributed by atoms with Crippen LogP contribution in [0.5, 0.6) is 0 Å². The van der Waals surface area contributed by atoms with E-state index in [9.17, 15) is 9.59 Å². The maximum absolute atomic E-state index is 13.1. The second-order valence-electron chi connectivity index (χ2n) is 9.80. The van der Waals surface area contributed by atoms with E-state index in [4.69, 9.17) is 4.74 Å². The van der Waals surface area contributed by atoms with Crippen molar-refractivity contribution in [3.8, 4) is 0 Å². The first kappa shape index (κ1) is 23.1. The van der Waals surface area contributed by atoms with E-state index in [2.05, 4.69) is 29.0 Å². The van der Waals surface area contributed by atoms with Crippen molar-refractivity contribution in [3.05, 3.63) is 30.3 Å². The van der Waals surface area contributed by atoms with Gasteiger partial charge in [-0.1, -0.05) is 18.2 Å². The number of para-hydroxylation sites is 1. The van der Waals surface area contributed by atoms with E-state index in [1.807, 2.05) is 35.2 Å². The van der Waals surface area contributed by atoms with Crippen LogP contribution in [0.4, 0.5) is 10.5 Å². The highest BCUT2D eigenvalue weighted by atomic mass is 16.5. The van der Waals surface area contributed by atoms with Gasteiger partial charge in [-0.15, -0.1) is 0 Å². The van der Waals surface area contributed by atoms with E-state index in [1.165, 1.54) is 0 Å². The van der Waals surface area contributed by atoms with Crippen LogP contribution < -0.4 is 5.32 Å². The Bertz CT molecular complexity index is 748. The van der Waals surface area contributed by atoms with Gasteiger partial charge >= 0.3 is 6.03 Å². The summed E-state index contributed by atoms with van der Waals surface area (Å²) in [6.45, 7) is 10.5. The van der Waals surface area contributed by atoms with Gasteiger partial charge in [0.25, 0.3) is 0 Å². The summed E-state index contributed by atoms with van der Waals surface area (Å²) >= 11 is 0. The number of hydrogen-bond donors (Lipinski definition) is 1. The Morgan fingerprint density at radius 2 is 1.50 bits per heavy atom. The van der Waals surface area contributed by atoms with E-state index in [1.54, 1.807) is 0 Å². The number of ether oxygens (including phenoxy) is 1. The monoisotopic (exact) mass is 442 g/mol. The van der Waals surface area contributed by atoms with Crippen molar-refractivity contribution in [1.29, 1.82) is 0 Å². The minimum absolute atomic E-state index is 0.0493. The molecule has 4 rings (SSSR count). The lowest BCUT2D eigenvalue weighted by molar-refractivity contribution is -0.138. The molecule has 176 valence electrons. The Balaban J connectivity index is 1.18. The molecule has 3 aliphatic heterocycles. The highest BCUT2D eigenvalue weighted by molar-refractivity contribution is 5.89. The number of piperidine rings is 2. The molecule has 3 fully saturated rings. The maximum Gasteiger partial charge on any atom is 0.321 e. The summed E-state index contributed by atoms with van der Waals surface area (Å²) in [6.07, 6.45) is 4.30. The van der Waals surface area contributed by atoms with Gasteiger partial charge in [-0.3, -0.25) is 9.69 Å². The van der Waals surface area contributed by atoms with Crippen molar-refractivity contribution in [2.75, 3.05) is 51.1 Å². The highest BCUT2D eigenvalue weighted by Gasteiger charge is 2.33. The number of hydrogen-bond acceptors (Lipinski definition) is 4. The third-order valence-corrected chi connectivity index (χ3v) is 7.09. The van der Waals surface area contributed by atoms with Gasteiger partial charge in [-0.2, -0.15) is 0 Å². The van der Waals surface area contributed by atoms with Gasteiger partial charge < -0.3 is 19.9 Å². The molecule has 0 spiro atoms. The molecule has 3 aliphatic rings. The molecule has 7 nitrogen and oxygen atoms in total. The van der Waals surface area contributed by atoms with Crippen molar-refractivity contribution in [2.45, 2.75) is 51.7 Å². The fourth-order valence-corrected chi connectivity index (χ4v) is 5.45. The van der Waals surface area contributed by atoms with Crippen LogP contribution in [0.15, 0.2) is 30.3 Å². The third-order valence-electron chi connectivity index (χ3n) is 7.09. The van der Waals surface area contributed by atoms with Crippen LogP contribution in [0.2, 0.25) is 0 Å². The number of carbonyl (C=O) groups excluding carboxylic acids is 2. The lowest BCUT2D eigenvalue weighted by atomic mass is 9.91. The quantitative estimate of drug-likeness (QED) is 0.777. The molecule has 1 N–H and O–H groups in total. The average Bonchev–Trinajstić information content (AvgIpc) is 2.79. The van der Waals surface area contributed by atoms with Crippen LogP contribution in [0.25, 0.3) is 0 Å². The van der Waals surface area contributed by atoms with Gasteiger partial charge in [-0.25, -0.2) is 4.79 Å². The lowest BCUT2D eigenvalue weighted by Crippen LogP contribution is -2.50. The number of urea groups is 1. The Hall–Kier alpha value is -2.12. The number of rotatable bonds is 4. The lowest BCUT2D eigenvalue weighted by Gasteiger charge is -2.40. The summed E-state index contributed by atoms with van der Waals surface area (Å²) in [5, 5.41) is 2.94. The smallest absolute Gasteiger partial charge is 0.321 e. The summed E-state index contributed by atoms with van der Waals surface area (Å²) in [6, 6.07) is 9.45. The summed E-state index contributed by atoms with van der Waals surface area (Å²) in [5.74, 6) is 1.01. The summed E-state index contributed by atoms with van der Waals surface area (Å²) in [4.78, 5) is 32.0. The average molecular weight is 443 g/mol. The van der Waals surface area contributed by atoms with Gasteiger partial charge in [0.2, 0.25) is 5.91 Å². The van der Waals surface area contributed by atoms with Crippen molar-refractivity contribution < 1.29 is 14.3 Å². The normalized spacial score (nSPS) is 26.2. The summed E-state index contributed by atoms with van der Waals surface area (Å²) in [5.41, 5.74) is 0.805. The van der Waals surface area contributed by atoms with Gasteiger partial charge in [0, 0.05) is 57.4 Å². The zero-order valence-corrected chi connectivity index (χ0v) is 19.5. The highest BCUT2D eigenvalue weighted by Crippen LogP contribution is 2.25. The van der Waals surface area contributed by atoms with Crippen LogP contribution >= 0.6 is 0 Å². The molecule has 0 aliphatic carbocycles. The van der Waals surface area contributed by atoms with Crippen molar-refractivity contribution >= 4 is 17.6 Å². The molecular weight excluding hydrogens is 404 g/mol. The number of likely N-dealkylation sites (tertiary alicyclic amines) is 2. The molecule has 1 aromatic carbocycles. The third kappa shape index (κ3) is 6.01. The van der Waals surface area contributed by atoms with Crippen LogP contribution in [0.3, 0.4) is 0 Å². The van der Waals surface area contributed by atoms with Gasteiger partial charge in [0.15, 0.2) is 0 Å². The number of nitrogens with one attached hydrogen (secondary N) is 1. The zero-order valence-electron chi connectivity index (χ0n) is 19.5.